The zero-order valence-corrected chi connectivity index (χ0v) is 7.62. The molecule has 0 heterocycles. The van der Waals surface area contributed by atoms with Crippen molar-refractivity contribution in [1.82, 2.24) is 0 Å². The molecule has 0 fully saturated rings. The summed E-state index contributed by atoms with van der Waals surface area (Å²) < 4.78 is 0. The molecule has 0 aliphatic heterocycles. The molecule has 0 aromatic rings. The molecule has 2 nitrogen and oxygen atoms in total. The van der Waals surface area contributed by atoms with E-state index in [2.05, 4.69) is 31.0 Å². The molecule has 2 atom stereocenters. The second-order valence-electron chi connectivity index (χ2n) is 2.88. The van der Waals surface area contributed by atoms with E-state index < -0.39 is 0 Å². The largest absolute Gasteiger partial charge is 0.390 e. The summed E-state index contributed by atoms with van der Waals surface area (Å²) in [6.45, 7) is 7.23. The van der Waals surface area contributed by atoms with Crippen LogP contribution >= 0.6 is 0 Å². The van der Waals surface area contributed by atoms with Crippen molar-refractivity contribution in [3.05, 3.63) is 12.2 Å². The average molecular weight is 154 g/mol. The molecular weight excluding hydrogens is 136 g/mol. The Kier molecular flexibility index (Phi) is 5.53. The van der Waals surface area contributed by atoms with E-state index in [1.807, 2.05) is 6.92 Å². The molecule has 11 heavy (non-hydrogen) atoms. The van der Waals surface area contributed by atoms with Crippen molar-refractivity contribution in [3.63, 3.8) is 0 Å². The first-order valence-electron chi connectivity index (χ1n) is 4.05. The number of nitrogens with two attached hydrogens (primary N) is 1. The third-order valence-corrected chi connectivity index (χ3v) is 1.89. The summed E-state index contributed by atoms with van der Waals surface area (Å²) in [5, 5.41) is 0. The van der Waals surface area contributed by atoms with Gasteiger partial charge >= 0.3 is 0 Å². The fraction of sp³-hybridized carbons (Fsp3) is 0.667. The minimum atomic E-state index is 0.575. The van der Waals surface area contributed by atoms with Gasteiger partial charge in [-0.2, -0.15) is 0 Å². The number of hydrogen-bond donors (Lipinski definition) is 1. The third kappa shape index (κ3) is 4.59. The van der Waals surface area contributed by atoms with Gasteiger partial charge in [0.05, 0.1) is 6.34 Å². The summed E-state index contributed by atoms with van der Waals surface area (Å²) in [6.07, 6.45) is 5.64. The Morgan fingerprint density at radius 1 is 1.45 bits per heavy atom. The number of aliphatic imine (C=N–C) groups is 1. The van der Waals surface area contributed by atoms with E-state index in [1.165, 1.54) is 6.34 Å². The SMILES string of the molecule is CC=CC(C)C(C)CN=CN. The summed E-state index contributed by atoms with van der Waals surface area (Å²) in [7, 11) is 0. The van der Waals surface area contributed by atoms with Crippen LogP contribution in [0.5, 0.6) is 0 Å². The molecule has 0 amide bonds. The Hall–Kier alpha value is -0.790. The Labute approximate surface area is 69.2 Å². The summed E-state index contributed by atoms with van der Waals surface area (Å²) in [6, 6.07) is 0. The molecular formula is C9H18N2. The predicted molar refractivity (Wildman–Crippen MR) is 50.7 cm³/mol. The molecule has 0 bridgehead atoms. The standard InChI is InChI=1S/C9H18N2/c1-4-5-8(2)9(3)6-11-7-10/h4-5,7-9H,6H2,1-3H3,(H2,10,11). The molecule has 0 aliphatic carbocycles. The van der Waals surface area contributed by atoms with Crippen LogP contribution in [0.3, 0.4) is 0 Å². The van der Waals surface area contributed by atoms with Gasteiger partial charge in [0.1, 0.15) is 0 Å². The van der Waals surface area contributed by atoms with Crippen LogP contribution < -0.4 is 5.73 Å². The van der Waals surface area contributed by atoms with Crippen molar-refractivity contribution < 1.29 is 0 Å². The zero-order valence-electron chi connectivity index (χ0n) is 7.62. The van der Waals surface area contributed by atoms with E-state index in [0.29, 0.717) is 11.8 Å². The highest BCUT2D eigenvalue weighted by molar-refractivity contribution is 5.51. The first-order valence-corrected chi connectivity index (χ1v) is 4.05. The Morgan fingerprint density at radius 2 is 2.09 bits per heavy atom. The normalized spacial score (nSPS) is 17.7. The van der Waals surface area contributed by atoms with Crippen LogP contribution in [0.15, 0.2) is 17.1 Å². The van der Waals surface area contributed by atoms with Crippen molar-refractivity contribution in [2.75, 3.05) is 6.54 Å². The van der Waals surface area contributed by atoms with Crippen molar-refractivity contribution >= 4 is 6.34 Å². The predicted octanol–water partition coefficient (Wildman–Crippen LogP) is 1.82. The van der Waals surface area contributed by atoms with Gasteiger partial charge in [-0.1, -0.05) is 26.0 Å². The van der Waals surface area contributed by atoms with Crippen molar-refractivity contribution in [1.29, 1.82) is 0 Å². The molecule has 0 aromatic carbocycles. The van der Waals surface area contributed by atoms with Crippen LogP contribution in [0.4, 0.5) is 0 Å². The van der Waals surface area contributed by atoms with Gasteiger partial charge in [0.2, 0.25) is 0 Å². The zero-order chi connectivity index (χ0) is 8.69. The fourth-order valence-corrected chi connectivity index (χ4v) is 0.887. The first-order chi connectivity index (χ1) is 5.22. The van der Waals surface area contributed by atoms with Crippen LogP contribution in [0.25, 0.3) is 0 Å². The molecule has 2 unspecified atom stereocenters. The highest BCUT2D eigenvalue weighted by Gasteiger charge is 2.06. The third-order valence-electron chi connectivity index (χ3n) is 1.89. The lowest BCUT2D eigenvalue weighted by Gasteiger charge is -2.12. The van der Waals surface area contributed by atoms with Crippen LogP contribution in [0.1, 0.15) is 20.8 Å². The van der Waals surface area contributed by atoms with Gasteiger partial charge in [-0.15, -0.1) is 0 Å². The minimum Gasteiger partial charge on any atom is -0.390 e. The maximum Gasteiger partial charge on any atom is 0.0797 e. The van der Waals surface area contributed by atoms with E-state index in [4.69, 9.17) is 5.73 Å². The average Bonchev–Trinajstić information content (AvgIpc) is 2.00. The molecule has 0 saturated carbocycles. The second kappa shape index (κ2) is 5.96. The quantitative estimate of drug-likeness (QED) is 0.374. The monoisotopic (exact) mass is 154 g/mol. The fourth-order valence-electron chi connectivity index (χ4n) is 0.887. The molecule has 2 N–H and O–H groups in total. The first kappa shape index (κ1) is 10.2. The number of rotatable bonds is 4. The minimum absolute atomic E-state index is 0.575. The number of hydrogen-bond acceptors (Lipinski definition) is 1. The van der Waals surface area contributed by atoms with Gasteiger partial charge in [-0.3, -0.25) is 4.99 Å². The lowest BCUT2D eigenvalue weighted by molar-refractivity contribution is 0.472. The van der Waals surface area contributed by atoms with Gasteiger partial charge in [0.25, 0.3) is 0 Å². The number of nitrogens with zero attached hydrogens (tertiary/aromatic N) is 1. The molecule has 2 heteroatoms. The molecule has 0 saturated heterocycles. The van der Waals surface area contributed by atoms with Gasteiger partial charge in [-0.05, 0) is 18.8 Å². The molecule has 0 aliphatic rings. The maximum atomic E-state index is 5.14. The van der Waals surface area contributed by atoms with E-state index >= 15 is 0 Å². The summed E-state index contributed by atoms with van der Waals surface area (Å²) in [5.41, 5.74) is 5.14. The van der Waals surface area contributed by atoms with E-state index in [9.17, 15) is 0 Å². The van der Waals surface area contributed by atoms with Crippen molar-refractivity contribution in [2.24, 2.45) is 22.6 Å². The summed E-state index contributed by atoms with van der Waals surface area (Å²) in [4.78, 5) is 3.99. The Bertz CT molecular complexity index is 138. The second-order valence-corrected chi connectivity index (χ2v) is 2.88. The van der Waals surface area contributed by atoms with Gasteiger partial charge in [-0.25, -0.2) is 0 Å². The lowest BCUT2D eigenvalue weighted by atomic mass is 9.96. The Morgan fingerprint density at radius 3 is 2.55 bits per heavy atom. The molecule has 0 rings (SSSR count). The lowest BCUT2D eigenvalue weighted by Crippen LogP contribution is -2.09. The molecule has 0 spiro atoms. The highest BCUT2D eigenvalue weighted by atomic mass is 14.8. The van der Waals surface area contributed by atoms with Crippen molar-refractivity contribution in [2.45, 2.75) is 20.8 Å². The molecule has 64 valence electrons. The van der Waals surface area contributed by atoms with Crippen molar-refractivity contribution in [3.8, 4) is 0 Å². The van der Waals surface area contributed by atoms with E-state index in [1.54, 1.807) is 0 Å². The highest BCUT2D eigenvalue weighted by Crippen LogP contribution is 2.11. The van der Waals surface area contributed by atoms with Crippen LogP contribution in [-0.4, -0.2) is 12.9 Å². The van der Waals surface area contributed by atoms with Crippen LogP contribution in [0.2, 0.25) is 0 Å². The maximum absolute atomic E-state index is 5.14. The van der Waals surface area contributed by atoms with E-state index in [0.717, 1.165) is 6.54 Å². The van der Waals surface area contributed by atoms with E-state index in [-0.39, 0.29) is 0 Å². The van der Waals surface area contributed by atoms with Gasteiger partial charge < -0.3 is 5.73 Å². The molecule has 0 aromatic heterocycles. The van der Waals surface area contributed by atoms with Crippen LogP contribution in [0, 0.1) is 11.8 Å². The number of allylic oxidation sites excluding steroid dienone is 2. The summed E-state index contributed by atoms with van der Waals surface area (Å²) >= 11 is 0. The summed E-state index contributed by atoms with van der Waals surface area (Å²) in [5.74, 6) is 1.16. The molecule has 0 radical (unpaired) electrons. The van der Waals surface area contributed by atoms with Gasteiger partial charge in [0.15, 0.2) is 0 Å². The van der Waals surface area contributed by atoms with Gasteiger partial charge in [0, 0.05) is 6.54 Å². The smallest absolute Gasteiger partial charge is 0.0797 e. The van der Waals surface area contributed by atoms with Crippen LogP contribution in [-0.2, 0) is 0 Å². The Balaban J connectivity index is 3.72. The topological polar surface area (TPSA) is 38.4 Å².